The molecule has 3 heterocycles. The number of aromatic nitrogens is 3. The molecule has 5 nitrogen and oxygen atoms in total. The van der Waals surface area contributed by atoms with E-state index in [1.54, 1.807) is 23.2 Å². The Hall–Kier alpha value is -2.66. The van der Waals surface area contributed by atoms with E-state index >= 15 is 0 Å². The second-order valence-corrected chi connectivity index (χ2v) is 5.76. The number of pyridine rings is 1. The number of hydrogen-bond donors (Lipinski definition) is 0. The Balaban J connectivity index is 1.80. The van der Waals surface area contributed by atoms with Crippen molar-refractivity contribution in [1.82, 2.24) is 14.8 Å². The van der Waals surface area contributed by atoms with Gasteiger partial charge in [0.1, 0.15) is 5.15 Å². The summed E-state index contributed by atoms with van der Waals surface area (Å²) in [7, 11) is 0. The first-order chi connectivity index (χ1) is 11.2. The van der Waals surface area contributed by atoms with Crippen molar-refractivity contribution in [1.29, 1.82) is 0 Å². The second kappa shape index (κ2) is 5.52. The molecule has 0 saturated heterocycles. The van der Waals surface area contributed by atoms with Crippen molar-refractivity contribution < 1.29 is 4.79 Å². The predicted molar refractivity (Wildman–Crippen MR) is 87.5 cm³/mol. The number of anilines is 1. The lowest BCUT2D eigenvalue weighted by Crippen LogP contribution is -2.30. The Labute approximate surface area is 138 Å². The first-order valence-corrected chi connectivity index (χ1v) is 7.62. The zero-order chi connectivity index (χ0) is 15.8. The third-order valence-electron chi connectivity index (χ3n) is 3.95. The van der Waals surface area contributed by atoms with Gasteiger partial charge in [0.05, 0.1) is 24.3 Å². The Bertz CT molecular complexity index is 872. The van der Waals surface area contributed by atoms with Gasteiger partial charge in [-0.05, 0) is 29.8 Å². The van der Waals surface area contributed by atoms with Gasteiger partial charge in [0, 0.05) is 18.1 Å². The van der Waals surface area contributed by atoms with Crippen LogP contribution in [0.3, 0.4) is 0 Å². The quantitative estimate of drug-likeness (QED) is 0.646. The molecule has 0 spiro atoms. The fourth-order valence-electron chi connectivity index (χ4n) is 2.79. The van der Waals surface area contributed by atoms with Gasteiger partial charge in [0.25, 0.3) is 5.91 Å². The molecule has 1 aliphatic heterocycles. The Kier molecular flexibility index (Phi) is 3.35. The molecule has 1 aromatic carbocycles. The summed E-state index contributed by atoms with van der Waals surface area (Å²) in [4.78, 5) is 18.7. The number of halogens is 1. The number of nitrogens with zero attached hydrogens (tertiary/aromatic N) is 4. The van der Waals surface area contributed by atoms with Gasteiger partial charge in [-0.15, -0.1) is 0 Å². The van der Waals surface area contributed by atoms with Crippen molar-refractivity contribution in [2.24, 2.45) is 0 Å². The minimum absolute atomic E-state index is 0.101. The molecule has 3 aromatic rings. The fraction of sp³-hybridized carbons (Fsp3) is 0.118. The summed E-state index contributed by atoms with van der Waals surface area (Å²) in [6.45, 7) is 1.12. The van der Waals surface area contributed by atoms with Gasteiger partial charge in [-0.1, -0.05) is 29.8 Å². The summed E-state index contributed by atoms with van der Waals surface area (Å²) < 4.78 is 1.92. The van der Waals surface area contributed by atoms with E-state index < -0.39 is 0 Å². The van der Waals surface area contributed by atoms with Crippen LogP contribution in [0.25, 0.3) is 0 Å². The summed E-state index contributed by atoms with van der Waals surface area (Å²) in [6.07, 6.45) is 3.27. The van der Waals surface area contributed by atoms with E-state index in [-0.39, 0.29) is 5.91 Å². The molecule has 0 N–H and O–H groups in total. The standard InChI is InChI=1S/C17H13ClN4O/c18-16-6-5-12(9-19-16)17(23)21-11-14-7-8-20-22(14)10-13-3-1-2-4-15(13)21/h1-9H,10-11H2. The molecule has 6 heteroatoms. The first kappa shape index (κ1) is 14.0. The highest BCUT2D eigenvalue weighted by Crippen LogP contribution is 2.28. The lowest BCUT2D eigenvalue weighted by atomic mass is 10.1. The monoisotopic (exact) mass is 324 g/mol. The van der Waals surface area contributed by atoms with Crippen LogP contribution in [0, 0.1) is 0 Å². The molecule has 1 aliphatic rings. The van der Waals surface area contributed by atoms with E-state index in [0.29, 0.717) is 23.8 Å². The number of carbonyl (C=O) groups is 1. The van der Waals surface area contributed by atoms with Crippen LogP contribution >= 0.6 is 11.6 Å². The molecule has 0 radical (unpaired) electrons. The van der Waals surface area contributed by atoms with E-state index in [1.807, 2.05) is 35.0 Å². The molecule has 0 bridgehead atoms. The Morgan fingerprint density at radius 2 is 1.96 bits per heavy atom. The van der Waals surface area contributed by atoms with Gasteiger partial charge in [-0.3, -0.25) is 9.48 Å². The Morgan fingerprint density at radius 3 is 2.78 bits per heavy atom. The smallest absolute Gasteiger partial charge is 0.260 e. The SMILES string of the molecule is O=C(c1ccc(Cl)nc1)N1Cc2ccnn2Cc2ccccc21. The van der Waals surface area contributed by atoms with Crippen molar-refractivity contribution in [3.05, 3.63) is 76.8 Å². The summed E-state index contributed by atoms with van der Waals surface area (Å²) in [6, 6.07) is 13.2. The van der Waals surface area contributed by atoms with E-state index in [1.165, 1.54) is 6.20 Å². The number of para-hydroxylation sites is 1. The van der Waals surface area contributed by atoms with Crippen LogP contribution in [-0.4, -0.2) is 20.7 Å². The summed E-state index contributed by atoms with van der Waals surface area (Å²) in [5.74, 6) is -0.101. The van der Waals surface area contributed by atoms with Crippen molar-refractivity contribution in [2.75, 3.05) is 4.90 Å². The van der Waals surface area contributed by atoms with Gasteiger partial charge in [-0.25, -0.2) is 4.98 Å². The summed E-state index contributed by atoms with van der Waals surface area (Å²) in [5.41, 5.74) is 3.47. The van der Waals surface area contributed by atoms with Crippen LogP contribution < -0.4 is 4.90 Å². The highest BCUT2D eigenvalue weighted by Gasteiger charge is 2.25. The van der Waals surface area contributed by atoms with Crippen molar-refractivity contribution in [3.8, 4) is 0 Å². The van der Waals surface area contributed by atoms with Crippen LogP contribution in [0.15, 0.2) is 54.9 Å². The first-order valence-electron chi connectivity index (χ1n) is 7.24. The van der Waals surface area contributed by atoms with E-state index in [2.05, 4.69) is 10.1 Å². The molecular weight excluding hydrogens is 312 g/mol. The third kappa shape index (κ3) is 2.49. The summed E-state index contributed by atoms with van der Waals surface area (Å²) in [5, 5.41) is 4.71. The maximum absolute atomic E-state index is 13.0. The van der Waals surface area contributed by atoms with Gasteiger partial charge in [-0.2, -0.15) is 5.10 Å². The molecule has 4 rings (SSSR count). The highest BCUT2D eigenvalue weighted by atomic mass is 35.5. The molecule has 0 unspecified atom stereocenters. The van der Waals surface area contributed by atoms with Gasteiger partial charge in [0.2, 0.25) is 0 Å². The van der Waals surface area contributed by atoms with Crippen LogP contribution in [0.1, 0.15) is 21.6 Å². The maximum Gasteiger partial charge on any atom is 0.260 e. The molecule has 0 atom stereocenters. The van der Waals surface area contributed by atoms with Crippen molar-refractivity contribution in [2.45, 2.75) is 13.1 Å². The molecule has 23 heavy (non-hydrogen) atoms. The Morgan fingerprint density at radius 1 is 1.09 bits per heavy atom. The maximum atomic E-state index is 13.0. The molecule has 0 aliphatic carbocycles. The third-order valence-corrected chi connectivity index (χ3v) is 4.17. The zero-order valence-corrected chi connectivity index (χ0v) is 12.9. The largest absolute Gasteiger partial charge is 0.302 e. The molecule has 0 saturated carbocycles. The van der Waals surface area contributed by atoms with Gasteiger partial charge >= 0.3 is 0 Å². The topological polar surface area (TPSA) is 51.0 Å². The van der Waals surface area contributed by atoms with Crippen molar-refractivity contribution >= 4 is 23.2 Å². The normalized spacial score (nSPS) is 13.2. The van der Waals surface area contributed by atoms with E-state index in [0.717, 1.165) is 16.9 Å². The van der Waals surface area contributed by atoms with Crippen molar-refractivity contribution in [3.63, 3.8) is 0 Å². The predicted octanol–water partition coefficient (Wildman–Crippen LogP) is 3.14. The number of amides is 1. The van der Waals surface area contributed by atoms with Gasteiger partial charge < -0.3 is 4.90 Å². The van der Waals surface area contributed by atoms with Crippen LogP contribution in [0.4, 0.5) is 5.69 Å². The number of benzene rings is 1. The summed E-state index contributed by atoms with van der Waals surface area (Å²) >= 11 is 5.81. The van der Waals surface area contributed by atoms with E-state index in [9.17, 15) is 4.79 Å². The van der Waals surface area contributed by atoms with Gasteiger partial charge in [0.15, 0.2) is 0 Å². The fourth-order valence-corrected chi connectivity index (χ4v) is 2.90. The second-order valence-electron chi connectivity index (χ2n) is 5.37. The molecule has 114 valence electrons. The molecule has 1 amide bonds. The minimum atomic E-state index is -0.101. The number of hydrogen-bond acceptors (Lipinski definition) is 3. The lowest BCUT2D eigenvalue weighted by Gasteiger charge is -2.22. The highest BCUT2D eigenvalue weighted by molar-refractivity contribution is 6.29. The van der Waals surface area contributed by atoms with E-state index in [4.69, 9.17) is 11.6 Å². The van der Waals surface area contributed by atoms with Crippen LogP contribution in [0.5, 0.6) is 0 Å². The average molecular weight is 325 g/mol. The molecule has 2 aromatic heterocycles. The number of rotatable bonds is 1. The molecule has 0 fully saturated rings. The zero-order valence-electron chi connectivity index (χ0n) is 12.2. The van der Waals surface area contributed by atoms with Crippen LogP contribution in [-0.2, 0) is 13.1 Å². The number of carbonyl (C=O) groups excluding carboxylic acids is 1. The lowest BCUT2D eigenvalue weighted by molar-refractivity contribution is 0.0984. The minimum Gasteiger partial charge on any atom is -0.302 e. The number of fused-ring (bicyclic) bond motifs is 2. The molecular formula is C17H13ClN4O. The van der Waals surface area contributed by atoms with Crippen LogP contribution in [0.2, 0.25) is 5.15 Å². The average Bonchev–Trinajstić information content (AvgIpc) is 2.94.